The van der Waals surface area contributed by atoms with Gasteiger partial charge >= 0.3 is 0 Å². The van der Waals surface area contributed by atoms with Crippen LogP contribution in [0.3, 0.4) is 0 Å². The van der Waals surface area contributed by atoms with E-state index in [-0.39, 0.29) is 5.78 Å². The fourth-order valence-electron chi connectivity index (χ4n) is 3.32. The lowest BCUT2D eigenvalue weighted by Crippen LogP contribution is -2.32. The minimum absolute atomic E-state index is 0.0454. The maximum absolute atomic E-state index is 12.4. The quantitative estimate of drug-likeness (QED) is 0.184. The van der Waals surface area contributed by atoms with Crippen LogP contribution in [0.4, 0.5) is 0 Å². The van der Waals surface area contributed by atoms with E-state index in [2.05, 4.69) is 23.9 Å². The number of allylic oxidation sites excluding steroid dienone is 1. The fraction of sp³-hybridized carbons (Fsp3) is 0.440. The Bertz CT molecular complexity index is 752. The Balaban J connectivity index is 1.81. The third-order valence-corrected chi connectivity index (χ3v) is 4.95. The van der Waals surface area contributed by atoms with Crippen LogP contribution >= 0.6 is 0 Å². The molecule has 2 rings (SSSR count). The first-order chi connectivity index (χ1) is 13.7. The van der Waals surface area contributed by atoms with Crippen molar-refractivity contribution >= 4 is 11.9 Å². The van der Waals surface area contributed by atoms with Crippen LogP contribution in [-0.4, -0.2) is 12.9 Å². The van der Waals surface area contributed by atoms with Crippen LogP contribution in [0.2, 0.25) is 0 Å². The van der Waals surface area contributed by atoms with E-state index in [9.17, 15) is 4.79 Å². The van der Waals surface area contributed by atoms with Crippen molar-refractivity contribution in [1.29, 1.82) is 0 Å². The van der Waals surface area contributed by atoms with Crippen molar-refractivity contribution in [2.24, 2.45) is 0 Å². The maximum atomic E-state index is 12.4. The van der Waals surface area contributed by atoms with Gasteiger partial charge in [0, 0.05) is 18.1 Å². The van der Waals surface area contributed by atoms with Crippen molar-refractivity contribution < 1.29 is 14.1 Å². The van der Waals surface area contributed by atoms with E-state index in [1.165, 1.54) is 51.4 Å². The number of methoxy groups -OCH3 is 1. The van der Waals surface area contributed by atoms with Crippen LogP contribution in [-0.2, 0) is 6.54 Å². The molecule has 0 aliphatic rings. The summed E-state index contributed by atoms with van der Waals surface area (Å²) in [6.07, 6.45) is 18.3. The molecule has 0 radical (unpaired) electrons. The number of ether oxygens (including phenoxy) is 1. The normalized spacial score (nSPS) is 11.1. The van der Waals surface area contributed by atoms with Crippen molar-refractivity contribution in [2.45, 2.75) is 64.8 Å². The first kappa shape index (κ1) is 21.9. The highest BCUT2D eigenvalue weighted by atomic mass is 16.5. The van der Waals surface area contributed by atoms with E-state index >= 15 is 0 Å². The molecule has 3 nitrogen and oxygen atoms in total. The van der Waals surface area contributed by atoms with Gasteiger partial charge < -0.3 is 4.74 Å². The van der Waals surface area contributed by atoms with Crippen LogP contribution < -0.4 is 9.30 Å². The zero-order valence-electron chi connectivity index (χ0n) is 17.4. The molecule has 0 N–H and O–H groups in total. The summed E-state index contributed by atoms with van der Waals surface area (Å²) in [5.74, 6) is 0.561. The molecule has 1 aromatic heterocycles. The van der Waals surface area contributed by atoms with Gasteiger partial charge in [0.15, 0.2) is 18.2 Å². The molecule has 0 saturated heterocycles. The summed E-state index contributed by atoms with van der Waals surface area (Å²) in [5.41, 5.74) is 1.62. The fourth-order valence-corrected chi connectivity index (χ4v) is 3.32. The summed E-state index contributed by atoms with van der Waals surface area (Å²) >= 11 is 0. The van der Waals surface area contributed by atoms with Crippen molar-refractivity contribution in [3.63, 3.8) is 0 Å². The maximum Gasteiger partial charge on any atom is 0.189 e. The van der Waals surface area contributed by atoms with Gasteiger partial charge in [0.05, 0.1) is 12.7 Å². The van der Waals surface area contributed by atoms with E-state index in [1.807, 2.05) is 30.3 Å². The first-order valence-electron chi connectivity index (χ1n) is 10.6. The Kier molecular flexibility index (Phi) is 10.1. The van der Waals surface area contributed by atoms with Gasteiger partial charge in [0.2, 0.25) is 0 Å². The standard InChI is InChI=1S/C25H34NO2/c1-3-4-5-6-7-8-9-12-19-26-20-13-14-22(21-26)17-18-24(27)23-15-10-11-16-25(23)28-2/h10-11,13-18,20-21H,3-9,12,19H2,1-2H3/q+1/b18-17+. The lowest BCUT2D eigenvalue weighted by atomic mass is 10.1. The molecular formula is C25H34NO2+. The SMILES string of the molecule is CCCCCCCCCC[n+]1cccc(/C=C/C(=O)c2ccccc2OC)c1. The minimum atomic E-state index is -0.0454. The molecular weight excluding hydrogens is 346 g/mol. The molecule has 0 spiro atoms. The zero-order chi connectivity index (χ0) is 20.0. The van der Waals surface area contributed by atoms with Gasteiger partial charge in [-0.15, -0.1) is 0 Å². The van der Waals surface area contributed by atoms with Gasteiger partial charge in [-0.2, -0.15) is 0 Å². The lowest BCUT2D eigenvalue weighted by molar-refractivity contribution is -0.697. The van der Waals surface area contributed by atoms with Crippen LogP contribution in [0.5, 0.6) is 5.75 Å². The number of hydrogen-bond acceptors (Lipinski definition) is 2. The Morgan fingerprint density at radius 1 is 0.964 bits per heavy atom. The van der Waals surface area contributed by atoms with Gasteiger partial charge in [-0.3, -0.25) is 4.79 Å². The molecule has 0 amide bonds. The summed E-state index contributed by atoms with van der Waals surface area (Å²) in [5, 5.41) is 0. The molecule has 150 valence electrons. The van der Waals surface area contributed by atoms with Crippen LogP contribution in [0.15, 0.2) is 54.9 Å². The summed E-state index contributed by atoms with van der Waals surface area (Å²) in [7, 11) is 1.58. The number of para-hydroxylation sites is 1. The Morgan fingerprint density at radius 3 is 2.43 bits per heavy atom. The second-order valence-electron chi connectivity index (χ2n) is 7.25. The van der Waals surface area contributed by atoms with E-state index in [1.54, 1.807) is 25.3 Å². The minimum Gasteiger partial charge on any atom is -0.496 e. The molecule has 0 aliphatic heterocycles. The second kappa shape index (κ2) is 12.9. The molecule has 3 heteroatoms. The summed E-state index contributed by atoms with van der Waals surface area (Å²) in [6.45, 7) is 3.28. The highest BCUT2D eigenvalue weighted by Gasteiger charge is 2.08. The number of aryl methyl sites for hydroxylation is 1. The van der Waals surface area contributed by atoms with E-state index < -0.39 is 0 Å². The number of pyridine rings is 1. The van der Waals surface area contributed by atoms with Gasteiger partial charge in [-0.25, -0.2) is 4.57 Å². The lowest BCUT2D eigenvalue weighted by Gasteiger charge is -2.04. The van der Waals surface area contributed by atoms with Crippen LogP contribution in [0.1, 0.15) is 74.2 Å². The third-order valence-electron chi connectivity index (χ3n) is 4.95. The Morgan fingerprint density at radius 2 is 1.68 bits per heavy atom. The molecule has 2 aromatic rings. The average Bonchev–Trinajstić information content (AvgIpc) is 2.74. The Hall–Kier alpha value is -2.42. The molecule has 0 unspecified atom stereocenters. The molecule has 1 heterocycles. The monoisotopic (exact) mass is 380 g/mol. The largest absolute Gasteiger partial charge is 0.496 e. The van der Waals surface area contributed by atoms with Gasteiger partial charge in [0.1, 0.15) is 12.3 Å². The molecule has 1 aromatic carbocycles. The van der Waals surface area contributed by atoms with Crippen molar-refractivity contribution in [1.82, 2.24) is 0 Å². The number of ketones is 1. The second-order valence-corrected chi connectivity index (χ2v) is 7.25. The summed E-state index contributed by atoms with van der Waals surface area (Å²) in [4.78, 5) is 12.4. The zero-order valence-corrected chi connectivity index (χ0v) is 17.4. The molecule has 0 atom stereocenters. The molecule has 0 saturated carbocycles. The molecule has 0 aliphatic carbocycles. The van der Waals surface area contributed by atoms with Gasteiger partial charge in [-0.1, -0.05) is 57.6 Å². The van der Waals surface area contributed by atoms with E-state index in [4.69, 9.17) is 4.74 Å². The predicted molar refractivity (Wildman–Crippen MR) is 116 cm³/mol. The third kappa shape index (κ3) is 7.67. The number of carbonyl (C=O) groups excluding carboxylic acids is 1. The highest BCUT2D eigenvalue weighted by Crippen LogP contribution is 2.18. The predicted octanol–water partition coefficient (Wildman–Crippen LogP) is 6.02. The number of rotatable bonds is 13. The van der Waals surface area contributed by atoms with Crippen molar-refractivity contribution in [3.05, 3.63) is 66.0 Å². The Labute approximate surface area is 170 Å². The van der Waals surface area contributed by atoms with Crippen molar-refractivity contribution in [2.75, 3.05) is 7.11 Å². The highest BCUT2D eigenvalue weighted by molar-refractivity contribution is 6.08. The average molecular weight is 381 g/mol. The summed E-state index contributed by atoms with van der Waals surface area (Å²) < 4.78 is 7.48. The van der Waals surface area contributed by atoms with Gasteiger partial charge in [-0.05, 0) is 36.8 Å². The number of hydrogen-bond donors (Lipinski definition) is 0. The smallest absolute Gasteiger partial charge is 0.189 e. The van der Waals surface area contributed by atoms with E-state index in [0.29, 0.717) is 11.3 Å². The number of nitrogens with zero attached hydrogens (tertiary/aromatic N) is 1. The first-order valence-corrected chi connectivity index (χ1v) is 10.6. The van der Waals surface area contributed by atoms with Crippen LogP contribution in [0.25, 0.3) is 6.08 Å². The number of aromatic nitrogens is 1. The molecule has 0 bridgehead atoms. The number of carbonyl (C=O) groups is 1. The van der Waals surface area contributed by atoms with Crippen molar-refractivity contribution in [3.8, 4) is 5.75 Å². The number of benzene rings is 1. The molecule has 0 fully saturated rings. The van der Waals surface area contributed by atoms with Gasteiger partial charge in [0.25, 0.3) is 0 Å². The number of unbranched alkanes of at least 4 members (excludes halogenated alkanes) is 7. The van der Waals surface area contributed by atoms with Crippen LogP contribution in [0, 0.1) is 0 Å². The molecule has 28 heavy (non-hydrogen) atoms. The summed E-state index contributed by atoms with van der Waals surface area (Å²) in [6, 6.07) is 11.4. The topological polar surface area (TPSA) is 30.2 Å². The van der Waals surface area contributed by atoms with E-state index in [0.717, 1.165) is 12.1 Å².